The molecule has 0 saturated heterocycles. The smallest absolute Gasteiger partial charge is 0.356 e. The molecule has 0 aliphatic heterocycles. The molecule has 0 aliphatic carbocycles. The van der Waals surface area contributed by atoms with Gasteiger partial charge in [-0.15, -0.1) is 0 Å². The molecule has 198 valence electrons. The fourth-order valence-electron chi connectivity index (χ4n) is 3.53. The number of aromatic carboxylic acids is 1. The number of carboxylic acids is 1. The first-order valence-corrected chi connectivity index (χ1v) is 13.4. The van der Waals surface area contributed by atoms with Crippen molar-refractivity contribution in [3.63, 3.8) is 0 Å². The molecule has 11 heteroatoms. The lowest BCUT2D eigenvalue weighted by Crippen LogP contribution is -2.32. The topological polar surface area (TPSA) is 140 Å². The summed E-state index contributed by atoms with van der Waals surface area (Å²) in [5.74, 6) is -1.35. The van der Waals surface area contributed by atoms with Gasteiger partial charge in [0.15, 0.2) is 5.69 Å². The van der Waals surface area contributed by atoms with E-state index in [4.69, 9.17) is 4.74 Å². The van der Waals surface area contributed by atoms with E-state index in [0.29, 0.717) is 17.8 Å². The lowest BCUT2D eigenvalue weighted by atomic mass is 10.1. The van der Waals surface area contributed by atoms with Gasteiger partial charge >= 0.3 is 5.97 Å². The standard InChI is InChI=1S/C26H32N4O6S/c1-6-17(4)29-37(34,35)22-15-19(27-23(31)14-16(2)3)12-13-21(22)36-25-18(5)24(26(32)33)28-30(25)20-10-8-7-9-11-20/h7-13,15-17,29H,6,14H2,1-5H3,(H,27,31)(H,32,33)/t17-/m0/s1. The number of carbonyl (C=O) groups is 2. The van der Waals surface area contributed by atoms with E-state index in [-0.39, 0.29) is 52.1 Å². The molecule has 3 N–H and O–H groups in total. The fraction of sp³-hybridized carbons (Fsp3) is 0.346. The molecule has 3 aromatic rings. The van der Waals surface area contributed by atoms with Gasteiger partial charge in [-0.1, -0.05) is 39.0 Å². The third kappa shape index (κ3) is 6.75. The van der Waals surface area contributed by atoms with Crippen LogP contribution in [0.1, 0.15) is 56.6 Å². The summed E-state index contributed by atoms with van der Waals surface area (Å²) in [6.45, 7) is 8.94. The first kappa shape index (κ1) is 27.9. The number of ether oxygens (including phenoxy) is 1. The number of carbonyl (C=O) groups excluding carboxylic acids is 1. The van der Waals surface area contributed by atoms with Crippen molar-refractivity contribution in [1.29, 1.82) is 0 Å². The summed E-state index contributed by atoms with van der Waals surface area (Å²) in [6.07, 6.45) is 0.834. The Bertz CT molecular complexity index is 1380. The number of sulfonamides is 1. The summed E-state index contributed by atoms with van der Waals surface area (Å²) in [4.78, 5) is 23.9. The summed E-state index contributed by atoms with van der Waals surface area (Å²) in [5, 5.41) is 16.5. The number of nitrogens with one attached hydrogen (secondary N) is 2. The number of anilines is 1. The Morgan fingerprint density at radius 1 is 1.11 bits per heavy atom. The predicted molar refractivity (Wildman–Crippen MR) is 140 cm³/mol. The van der Waals surface area contributed by atoms with Crippen LogP contribution in [0.2, 0.25) is 0 Å². The molecule has 10 nitrogen and oxygen atoms in total. The molecule has 0 saturated carbocycles. The van der Waals surface area contributed by atoms with Gasteiger partial charge in [0, 0.05) is 23.7 Å². The van der Waals surface area contributed by atoms with Gasteiger partial charge in [-0.3, -0.25) is 4.79 Å². The molecule has 1 atom stereocenters. The lowest BCUT2D eigenvalue weighted by Gasteiger charge is -2.18. The first-order valence-electron chi connectivity index (χ1n) is 11.9. The Labute approximate surface area is 216 Å². The van der Waals surface area contributed by atoms with Crippen molar-refractivity contribution >= 4 is 27.6 Å². The Hall–Kier alpha value is -3.70. The largest absolute Gasteiger partial charge is 0.476 e. The third-order valence-corrected chi connectivity index (χ3v) is 7.17. The molecule has 0 fully saturated rings. The monoisotopic (exact) mass is 528 g/mol. The normalized spacial score (nSPS) is 12.4. The van der Waals surface area contributed by atoms with Gasteiger partial charge in [0.25, 0.3) is 0 Å². The zero-order chi connectivity index (χ0) is 27.3. The minimum Gasteiger partial charge on any atom is -0.476 e. The van der Waals surface area contributed by atoms with Gasteiger partial charge in [0.05, 0.1) is 5.69 Å². The van der Waals surface area contributed by atoms with Gasteiger partial charge in [-0.2, -0.15) is 9.78 Å². The maximum Gasteiger partial charge on any atom is 0.356 e. The van der Waals surface area contributed by atoms with Crippen LogP contribution >= 0.6 is 0 Å². The summed E-state index contributed by atoms with van der Waals surface area (Å²) >= 11 is 0. The number of amides is 1. The zero-order valence-corrected chi connectivity index (χ0v) is 22.3. The minimum atomic E-state index is -4.08. The van der Waals surface area contributed by atoms with E-state index in [0.717, 1.165) is 0 Å². The van der Waals surface area contributed by atoms with Crippen molar-refractivity contribution in [1.82, 2.24) is 14.5 Å². The highest BCUT2D eigenvalue weighted by atomic mass is 32.2. The molecule has 1 aromatic heterocycles. The second-order valence-corrected chi connectivity index (χ2v) is 10.9. The minimum absolute atomic E-state index is 0.0465. The maximum absolute atomic E-state index is 13.4. The molecular weight excluding hydrogens is 496 g/mol. The molecule has 1 amide bonds. The molecule has 1 heterocycles. The van der Waals surface area contributed by atoms with Crippen LogP contribution in [0.5, 0.6) is 11.6 Å². The lowest BCUT2D eigenvalue weighted by molar-refractivity contribution is -0.116. The molecule has 3 rings (SSSR count). The fourth-order valence-corrected chi connectivity index (χ4v) is 5.01. The van der Waals surface area contributed by atoms with Crippen LogP contribution in [0.15, 0.2) is 53.4 Å². The van der Waals surface area contributed by atoms with E-state index in [1.54, 1.807) is 37.3 Å². The predicted octanol–water partition coefficient (Wildman–Crippen LogP) is 4.73. The molecule has 0 unspecified atom stereocenters. The van der Waals surface area contributed by atoms with E-state index in [1.165, 1.54) is 29.8 Å². The maximum atomic E-state index is 13.4. The van der Waals surface area contributed by atoms with Crippen molar-refractivity contribution < 1.29 is 27.9 Å². The Kier molecular flexibility index (Phi) is 8.72. The quantitative estimate of drug-likeness (QED) is 0.327. The summed E-state index contributed by atoms with van der Waals surface area (Å²) in [7, 11) is -4.08. The van der Waals surface area contributed by atoms with Crippen molar-refractivity contribution in [2.45, 2.75) is 58.4 Å². The van der Waals surface area contributed by atoms with Gasteiger partial charge in [0.2, 0.25) is 21.8 Å². The molecule has 2 aromatic carbocycles. The van der Waals surface area contributed by atoms with Gasteiger partial charge in [-0.25, -0.2) is 17.9 Å². The molecule has 0 bridgehead atoms. The number of aromatic nitrogens is 2. The molecular formula is C26H32N4O6S. The highest BCUT2D eigenvalue weighted by Crippen LogP contribution is 2.35. The Balaban J connectivity index is 2.13. The van der Waals surface area contributed by atoms with E-state index in [1.807, 2.05) is 20.8 Å². The number of hydrogen-bond donors (Lipinski definition) is 3. The van der Waals surface area contributed by atoms with E-state index in [9.17, 15) is 23.1 Å². The number of rotatable bonds is 11. The van der Waals surface area contributed by atoms with Crippen LogP contribution in [0, 0.1) is 12.8 Å². The highest BCUT2D eigenvalue weighted by molar-refractivity contribution is 7.89. The van der Waals surface area contributed by atoms with Crippen molar-refractivity contribution in [2.24, 2.45) is 5.92 Å². The van der Waals surface area contributed by atoms with Crippen molar-refractivity contribution in [3.8, 4) is 17.3 Å². The third-order valence-electron chi connectivity index (χ3n) is 5.56. The number of benzene rings is 2. The van der Waals surface area contributed by atoms with E-state index < -0.39 is 16.0 Å². The van der Waals surface area contributed by atoms with E-state index >= 15 is 0 Å². The van der Waals surface area contributed by atoms with Crippen LogP contribution in [0.4, 0.5) is 5.69 Å². The van der Waals surface area contributed by atoms with Crippen LogP contribution < -0.4 is 14.8 Å². The average Bonchev–Trinajstić information content (AvgIpc) is 3.15. The van der Waals surface area contributed by atoms with Crippen LogP contribution in [-0.2, 0) is 14.8 Å². The zero-order valence-electron chi connectivity index (χ0n) is 21.5. The van der Waals surface area contributed by atoms with Crippen molar-refractivity contribution in [2.75, 3.05) is 5.32 Å². The van der Waals surface area contributed by atoms with Crippen LogP contribution in [0.3, 0.4) is 0 Å². The van der Waals surface area contributed by atoms with Gasteiger partial charge < -0.3 is 15.2 Å². The molecule has 0 aliphatic rings. The number of para-hydroxylation sites is 1. The Morgan fingerprint density at radius 3 is 2.38 bits per heavy atom. The van der Waals surface area contributed by atoms with Crippen LogP contribution in [-0.4, -0.2) is 41.2 Å². The number of carboxylic acid groups (broad SMARTS) is 1. The van der Waals surface area contributed by atoms with Crippen molar-refractivity contribution in [3.05, 3.63) is 59.8 Å². The summed E-state index contributed by atoms with van der Waals surface area (Å²) < 4.78 is 36.7. The first-order chi connectivity index (χ1) is 17.4. The number of hydrogen-bond acceptors (Lipinski definition) is 6. The number of nitrogens with zero attached hydrogens (tertiary/aromatic N) is 2. The average molecular weight is 529 g/mol. The molecule has 0 spiro atoms. The van der Waals surface area contributed by atoms with Gasteiger partial charge in [0.1, 0.15) is 10.6 Å². The van der Waals surface area contributed by atoms with Gasteiger partial charge in [-0.05, 0) is 56.5 Å². The highest BCUT2D eigenvalue weighted by Gasteiger charge is 2.27. The second-order valence-electron chi connectivity index (χ2n) is 9.17. The van der Waals surface area contributed by atoms with E-state index in [2.05, 4.69) is 15.1 Å². The van der Waals surface area contributed by atoms with Crippen LogP contribution in [0.25, 0.3) is 5.69 Å². The Morgan fingerprint density at radius 2 is 1.78 bits per heavy atom. The molecule has 37 heavy (non-hydrogen) atoms. The molecule has 0 radical (unpaired) electrons. The second kappa shape index (κ2) is 11.6. The summed E-state index contributed by atoms with van der Waals surface area (Å²) in [6, 6.07) is 12.7. The SMILES string of the molecule is CC[C@H](C)NS(=O)(=O)c1cc(NC(=O)CC(C)C)ccc1Oc1c(C)c(C(=O)O)nn1-c1ccccc1. The summed E-state index contributed by atoms with van der Waals surface area (Å²) in [5.41, 5.74) is 0.831.